The van der Waals surface area contributed by atoms with Gasteiger partial charge in [0, 0.05) is 95.2 Å². The van der Waals surface area contributed by atoms with Gasteiger partial charge < -0.3 is 9.79 Å². The molecule has 0 fully saturated rings. The van der Waals surface area contributed by atoms with E-state index >= 15 is 0 Å². The highest BCUT2D eigenvalue weighted by molar-refractivity contribution is 7.41. The van der Waals surface area contributed by atoms with Crippen molar-refractivity contribution in [3.63, 3.8) is 0 Å². The first-order valence-corrected chi connectivity index (χ1v) is 20.6. The molecule has 0 aliphatic rings. The van der Waals surface area contributed by atoms with Gasteiger partial charge in [0.15, 0.2) is 0 Å². The molecule has 58 heavy (non-hydrogen) atoms. The summed E-state index contributed by atoms with van der Waals surface area (Å²) in [7, 11) is -0.803. The fraction of sp³-hybridized carbons (Fsp3) is 0. The first-order valence-electron chi connectivity index (χ1n) is 18.7. The second-order valence-electron chi connectivity index (χ2n) is 14.2. The third-order valence-electron chi connectivity index (χ3n) is 10.7. The molecule has 0 aliphatic carbocycles. The predicted octanol–water partition coefficient (Wildman–Crippen LogP) is 10.1. The van der Waals surface area contributed by atoms with E-state index in [4.69, 9.17) is 19.9 Å². The maximum Gasteiger partial charge on any atom is 0.0972 e. The van der Waals surface area contributed by atoms with Crippen molar-refractivity contribution < 1.29 is 9.79 Å². The molecule has 6 aromatic heterocycles. The average molecular weight is 785 g/mol. The topological polar surface area (TPSA) is 118 Å². The van der Waals surface area contributed by atoms with Crippen LogP contribution in [0.5, 0.6) is 0 Å². The largest absolute Gasteiger partial charge is 0.372 e. The van der Waals surface area contributed by atoms with Crippen LogP contribution in [0.2, 0.25) is 0 Å². The molecule has 0 saturated heterocycles. The molecule has 0 aliphatic heterocycles. The van der Waals surface area contributed by atoms with E-state index in [0.29, 0.717) is 0 Å². The summed E-state index contributed by atoms with van der Waals surface area (Å²) in [6.45, 7) is 0. The summed E-state index contributed by atoms with van der Waals surface area (Å²) in [6, 6.07) is 48.8. The van der Waals surface area contributed by atoms with Crippen LogP contribution in [0.15, 0.2) is 158 Å². The fourth-order valence-electron chi connectivity index (χ4n) is 7.83. The highest BCUT2D eigenvalue weighted by Crippen LogP contribution is 2.34. The van der Waals surface area contributed by atoms with Gasteiger partial charge >= 0.3 is 0 Å². The summed E-state index contributed by atoms with van der Waals surface area (Å²) in [4.78, 5) is 50.7. The molecular weight excluding hydrogens is 755 g/mol. The van der Waals surface area contributed by atoms with Crippen molar-refractivity contribution in [1.82, 2.24) is 29.9 Å². The first-order chi connectivity index (χ1) is 28.6. The van der Waals surface area contributed by atoms with Crippen molar-refractivity contribution in [3.8, 4) is 45.0 Å². The van der Waals surface area contributed by atoms with Gasteiger partial charge in [0.05, 0.1) is 55.9 Å². The molecule has 10 heteroatoms. The number of hydrogen-bond donors (Lipinski definition) is 2. The second-order valence-corrected chi connectivity index (χ2v) is 15.8. The standard InChI is InChI=1S/C48H30N6O2P2/c55-57-37-23-33(39-15-11-29-7-5-27-3-1-19-49-43(27)45(29)51-39)21-35(25-37)41-17-13-31-9-10-32-14-18-42(54-48(32)47(31)53-41)36-22-34(24-38(26-36)58-56)40-16-12-30-8-6-28-4-2-20-50-44(28)46(30)52-40/h1-26,55-58H. The Morgan fingerprint density at radius 2 is 0.586 bits per heavy atom. The Kier molecular flexibility index (Phi) is 8.39. The molecule has 2 N–H and O–H groups in total. The monoisotopic (exact) mass is 784 g/mol. The summed E-state index contributed by atoms with van der Waals surface area (Å²) in [6.07, 6.45) is 3.59. The Morgan fingerprint density at radius 3 is 0.897 bits per heavy atom. The predicted molar refractivity (Wildman–Crippen MR) is 240 cm³/mol. The maximum atomic E-state index is 10.4. The first kappa shape index (κ1) is 34.6. The summed E-state index contributed by atoms with van der Waals surface area (Å²) in [5.41, 5.74) is 11.5. The number of aromatic nitrogens is 6. The number of nitrogens with zero attached hydrogens (tertiary/aromatic N) is 6. The van der Waals surface area contributed by atoms with Crippen LogP contribution >= 0.6 is 17.6 Å². The molecule has 0 saturated carbocycles. The number of pyridine rings is 6. The Bertz CT molecular complexity index is 3240. The van der Waals surface area contributed by atoms with Gasteiger partial charge in [0.25, 0.3) is 0 Å². The van der Waals surface area contributed by atoms with Gasteiger partial charge in [-0.25, -0.2) is 19.9 Å². The lowest BCUT2D eigenvalue weighted by Crippen LogP contribution is -1.99. The molecular formula is C48H30N6O2P2. The summed E-state index contributed by atoms with van der Waals surface area (Å²) < 4.78 is 0. The average Bonchev–Trinajstić information content (AvgIpc) is 3.30. The van der Waals surface area contributed by atoms with E-state index < -0.39 is 17.6 Å². The molecule has 5 aromatic carbocycles. The maximum absolute atomic E-state index is 10.4. The molecule has 6 heterocycles. The molecule has 0 amide bonds. The van der Waals surface area contributed by atoms with Crippen molar-refractivity contribution >= 4 is 93.6 Å². The van der Waals surface area contributed by atoms with Crippen LogP contribution in [0, 0.1) is 0 Å². The Labute approximate surface area is 335 Å². The van der Waals surface area contributed by atoms with E-state index in [9.17, 15) is 9.79 Å². The second kappa shape index (κ2) is 14.1. The Hall–Kier alpha value is -6.66. The summed E-state index contributed by atoms with van der Waals surface area (Å²) in [5, 5.41) is 7.60. The van der Waals surface area contributed by atoms with E-state index in [1.807, 2.05) is 72.8 Å². The third kappa shape index (κ3) is 6.02. The molecule has 0 bridgehead atoms. The molecule has 8 nitrogen and oxygen atoms in total. The molecule has 11 aromatic rings. The highest BCUT2D eigenvalue weighted by atomic mass is 31.1. The Balaban J connectivity index is 1.02. The third-order valence-corrected chi connectivity index (χ3v) is 11.8. The zero-order valence-corrected chi connectivity index (χ0v) is 32.6. The van der Waals surface area contributed by atoms with Gasteiger partial charge in [-0.15, -0.1) is 0 Å². The van der Waals surface area contributed by atoms with Crippen LogP contribution in [-0.4, -0.2) is 39.7 Å². The van der Waals surface area contributed by atoms with E-state index in [0.717, 1.165) is 121 Å². The fourth-order valence-corrected chi connectivity index (χ4v) is 8.71. The van der Waals surface area contributed by atoms with Gasteiger partial charge in [0.2, 0.25) is 0 Å². The van der Waals surface area contributed by atoms with E-state index in [1.165, 1.54) is 0 Å². The van der Waals surface area contributed by atoms with Crippen LogP contribution in [0.3, 0.4) is 0 Å². The van der Waals surface area contributed by atoms with Crippen LogP contribution in [0.25, 0.3) is 110 Å². The van der Waals surface area contributed by atoms with E-state index in [2.05, 4.69) is 82.8 Å². The van der Waals surface area contributed by atoms with Crippen molar-refractivity contribution in [2.24, 2.45) is 0 Å². The Morgan fingerprint density at radius 1 is 0.310 bits per heavy atom. The summed E-state index contributed by atoms with van der Waals surface area (Å²) in [5.74, 6) is 0. The van der Waals surface area contributed by atoms with Crippen LogP contribution in [0.4, 0.5) is 0 Å². The molecule has 2 unspecified atom stereocenters. The van der Waals surface area contributed by atoms with Crippen LogP contribution in [0.1, 0.15) is 0 Å². The van der Waals surface area contributed by atoms with E-state index in [1.54, 1.807) is 12.4 Å². The molecule has 0 radical (unpaired) electrons. The van der Waals surface area contributed by atoms with Crippen LogP contribution in [-0.2, 0) is 0 Å². The number of rotatable bonds is 6. The number of fused-ring (bicyclic) bond motifs is 9. The highest BCUT2D eigenvalue weighted by Gasteiger charge is 2.15. The van der Waals surface area contributed by atoms with E-state index in [-0.39, 0.29) is 0 Å². The smallest absolute Gasteiger partial charge is 0.0972 e. The molecule has 2 atom stereocenters. The van der Waals surface area contributed by atoms with Crippen molar-refractivity contribution in [2.45, 2.75) is 0 Å². The minimum atomic E-state index is -0.401. The molecule has 0 spiro atoms. The molecule has 274 valence electrons. The summed E-state index contributed by atoms with van der Waals surface area (Å²) >= 11 is 0. The minimum absolute atomic E-state index is 0.401. The zero-order chi connectivity index (χ0) is 38.7. The van der Waals surface area contributed by atoms with Crippen molar-refractivity contribution in [3.05, 3.63) is 158 Å². The lowest BCUT2D eigenvalue weighted by atomic mass is 10.0. The van der Waals surface area contributed by atoms with Crippen LogP contribution < -0.4 is 10.6 Å². The van der Waals surface area contributed by atoms with Crippen molar-refractivity contribution in [1.29, 1.82) is 0 Å². The molecule has 11 rings (SSSR count). The van der Waals surface area contributed by atoms with Gasteiger partial charge in [-0.1, -0.05) is 72.8 Å². The van der Waals surface area contributed by atoms with Gasteiger partial charge in [-0.2, -0.15) is 0 Å². The van der Waals surface area contributed by atoms with Crippen molar-refractivity contribution in [2.75, 3.05) is 0 Å². The van der Waals surface area contributed by atoms with Gasteiger partial charge in [-0.05, 0) is 72.8 Å². The lowest BCUT2D eigenvalue weighted by molar-refractivity contribution is 0.654. The van der Waals surface area contributed by atoms with Gasteiger partial charge in [-0.3, -0.25) is 9.97 Å². The zero-order valence-electron chi connectivity index (χ0n) is 30.6. The number of benzene rings is 5. The van der Waals surface area contributed by atoms with Gasteiger partial charge in [0.1, 0.15) is 0 Å². The quantitative estimate of drug-likeness (QED) is 0.126. The minimum Gasteiger partial charge on any atom is -0.372 e. The number of hydrogen-bond acceptors (Lipinski definition) is 8. The SMILES string of the molecule is OPc1cc(-c2ccc3ccc4cccnc4c3n2)cc(-c2ccc3ccc4ccc(-c5cc(PO)cc(-c6ccc7ccc8cccnc8c7n6)c5)nc4c3n2)c1. The normalized spacial score (nSPS) is 12.2. The lowest BCUT2D eigenvalue weighted by Gasteiger charge is -2.12.